The third-order valence-corrected chi connectivity index (χ3v) is 4.74. The van der Waals surface area contributed by atoms with Crippen molar-refractivity contribution in [2.24, 2.45) is 17.8 Å². The summed E-state index contributed by atoms with van der Waals surface area (Å²) in [6.07, 6.45) is 0.221. The lowest BCUT2D eigenvalue weighted by Crippen LogP contribution is -2.58. The van der Waals surface area contributed by atoms with E-state index in [2.05, 4.69) is 16.0 Å². The first kappa shape index (κ1) is 28.7. The van der Waals surface area contributed by atoms with Crippen molar-refractivity contribution in [3.8, 4) is 0 Å². The predicted molar refractivity (Wildman–Crippen MR) is 118 cm³/mol. The van der Waals surface area contributed by atoms with Crippen LogP contribution in [0.15, 0.2) is 0 Å². The summed E-state index contributed by atoms with van der Waals surface area (Å²) in [5, 5.41) is 17.2. The first-order valence-electron chi connectivity index (χ1n) is 10.9. The molecule has 0 saturated heterocycles. The fourth-order valence-electron chi connectivity index (χ4n) is 2.87. The second-order valence-electron chi connectivity index (χ2n) is 9.77. The molecular weight excluding hydrogens is 402 g/mol. The van der Waals surface area contributed by atoms with Gasteiger partial charge in [0.1, 0.15) is 23.7 Å². The number of carboxylic acid groups (broad SMARTS) is 1. The summed E-state index contributed by atoms with van der Waals surface area (Å²) in [5.74, 6) is -2.69. The summed E-state index contributed by atoms with van der Waals surface area (Å²) in [6.45, 7) is 16.1. The van der Waals surface area contributed by atoms with Gasteiger partial charge in [-0.15, -0.1) is 0 Å². The number of carbonyl (C=O) groups is 4. The topological polar surface area (TPSA) is 134 Å². The van der Waals surface area contributed by atoms with Crippen LogP contribution in [0.3, 0.4) is 0 Å². The number of hydrogen-bond acceptors (Lipinski definition) is 5. The normalized spacial score (nSPS) is 15.6. The second kappa shape index (κ2) is 12.5. The summed E-state index contributed by atoms with van der Waals surface area (Å²) < 4.78 is 5.25. The van der Waals surface area contributed by atoms with Gasteiger partial charge in [0.05, 0.1) is 0 Å². The molecule has 0 aliphatic carbocycles. The summed E-state index contributed by atoms with van der Waals surface area (Å²) in [6, 6.07) is -2.90. The molecular formula is C22H41N3O6. The minimum atomic E-state index is -1.14. The minimum absolute atomic E-state index is 0.0962. The highest BCUT2D eigenvalue weighted by Crippen LogP contribution is 2.13. The molecule has 0 bridgehead atoms. The largest absolute Gasteiger partial charge is 0.480 e. The number of rotatable bonds is 11. The summed E-state index contributed by atoms with van der Waals surface area (Å²) >= 11 is 0. The molecule has 3 amide bonds. The van der Waals surface area contributed by atoms with Crippen LogP contribution in [0.25, 0.3) is 0 Å². The van der Waals surface area contributed by atoms with Crippen LogP contribution in [0, 0.1) is 17.8 Å². The molecule has 9 nitrogen and oxygen atoms in total. The van der Waals surface area contributed by atoms with Gasteiger partial charge in [-0.05, 0) is 44.9 Å². The fourth-order valence-corrected chi connectivity index (χ4v) is 2.87. The van der Waals surface area contributed by atoms with E-state index in [1.54, 1.807) is 41.5 Å². The number of ether oxygens (including phenoxy) is 1. The van der Waals surface area contributed by atoms with Gasteiger partial charge in [0.2, 0.25) is 11.8 Å². The van der Waals surface area contributed by atoms with E-state index < -0.39 is 47.6 Å². The lowest BCUT2D eigenvalue weighted by molar-refractivity contribution is -0.143. The van der Waals surface area contributed by atoms with E-state index in [1.165, 1.54) is 0 Å². The molecule has 0 aromatic heterocycles. The Hall–Kier alpha value is -2.32. The van der Waals surface area contributed by atoms with E-state index in [0.29, 0.717) is 12.8 Å². The first-order chi connectivity index (χ1) is 14.1. The molecule has 180 valence electrons. The van der Waals surface area contributed by atoms with Crippen LogP contribution in [-0.4, -0.2) is 52.7 Å². The van der Waals surface area contributed by atoms with Gasteiger partial charge in [-0.1, -0.05) is 48.0 Å². The van der Waals surface area contributed by atoms with Gasteiger partial charge >= 0.3 is 12.1 Å². The number of alkyl carbamates (subject to hydrolysis) is 1. The molecule has 0 aromatic carbocycles. The van der Waals surface area contributed by atoms with Crippen molar-refractivity contribution < 1.29 is 29.0 Å². The van der Waals surface area contributed by atoms with Gasteiger partial charge in [0.25, 0.3) is 0 Å². The molecule has 0 rings (SSSR count). The average Bonchev–Trinajstić information content (AvgIpc) is 2.59. The van der Waals surface area contributed by atoms with Crippen molar-refractivity contribution >= 4 is 23.9 Å². The van der Waals surface area contributed by atoms with E-state index in [4.69, 9.17) is 4.74 Å². The Morgan fingerprint density at radius 2 is 1.39 bits per heavy atom. The lowest BCUT2D eigenvalue weighted by atomic mass is 9.95. The van der Waals surface area contributed by atoms with Crippen LogP contribution in [0.5, 0.6) is 0 Å². The second-order valence-corrected chi connectivity index (χ2v) is 9.77. The van der Waals surface area contributed by atoms with Crippen molar-refractivity contribution in [3.05, 3.63) is 0 Å². The number of carbonyl (C=O) groups excluding carboxylic acids is 3. The fraction of sp³-hybridized carbons (Fsp3) is 0.818. The number of aliphatic carboxylic acids is 1. The number of nitrogens with one attached hydrogen (secondary N) is 3. The molecule has 4 N–H and O–H groups in total. The van der Waals surface area contributed by atoms with E-state index in [-0.39, 0.29) is 17.8 Å². The molecule has 0 aromatic rings. The van der Waals surface area contributed by atoms with E-state index >= 15 is 0 Å². The van der Waals surface area contributed by atoms with E-state index in [9.17, 15) is 24.3 Å². The van der Waals surface area contributed by atoms with Gasteiger partial charge in [0, 0.05) is 0 Å². The number of hydrogen-bond donors (Lipinski definition) is 4. The van der Waals surface area contributed by atoms with Crippen molar-refractivity contribution in [2.45, 2.75) is 98.9 Å². The SMILES string of the molecule is CC[C@H](C)[C@H](NC(=O)[C@H](CC(C)C)NC(=O)OC(C)(C)C)C(=O)N[C@H](C(=O)O)C(C)C. The molecule has 0 radical (unpaired) electrons. The lowest BCUT2D eigenvalue weighted by Gasteiger charge is -2.29. The zero-order valence-corrected chi connectivity index (χ0v) is 20.4. The molecule has 0 aliphatic heterocycles. The molecule has 0 saturated carbocycles. The maximum Gasteiger partial charge on any atom is 0.408 e. The Labute approximate surface area is 186 Å². The summed E-state index contributed by atoms with van der Waals surface area (Å²) in [7, 11) is 0. The highest BCUT2D eigenvalue weighted by Gasteiger charge is 2.33. The molecule has 0 aliphatic rings. The van der Waals surface area contributed by atoms with Gasteiger partial charge in [-0.25, -0.2) is 9.59 Å². The Morgan fingerprint density at radius 1 is 0.871 bits per heavy atom. The molecule has 0 spiro atoms. The predicted octanol–water partition coefficient (Wildman–Crippen LogP) is 2.68. The molecule has 0 heterocycles. The van der Waals surface area contributed by atoms with Gasteiger partial charge in [-0.3, -0.25) is 9.59 Å². The van der Waals surface area contributed by atoms with Gasteiger partial charge < -0.3 is 25.8 Å². The Bertz CT molecular complexity index is 627. The molecule has 9 heteroatoms. The van der Waals surface area contributed by atoms with Crippen LogP contribution in [0.1, 0.15) is 75.2 Å². The number of amides is 3. The third-order valence-electron chi connectivity index (χ3n) is 4.74. The Morgan fingerprint density at radius 3 is 1.77 bits per heavy atom. The van der Waals surface area contributed by atoms with Crippen molar-refractivity contribution in [1.82, 2.24) is 16.0 Å². The van der Waals surface area contributed by atoms with Crippen LogP contribution in [0.2, 0.25) is 0 Å². The number of carboxylic acids is 1. The zero-order valence-electron chi connectivity index (χ0n) is 20.4. The molecule has 31 heavy (non-hydrogen) atoms. The third kappa shape index (κ3) is 11.0. The molecule has 0 unspecified atom stereocenters. The Kier molecular flexibility index (Phi) is 11.6. The van der Waals surface area contributed by atoms with Crippen LogP contribution >= 0.6 is 0 Å². The summed E-state index contributed by atoms with van der Waals surface area (Å²) in [4.78, 5) is 49.5. The maximum atomic E-state index is 13.0. The quantitative estimate of drug-likeness (QED) is 0.388. The smallest absolute Gasteiger partial charge is 0.408 e. The van der Waals surface area contributed by atoms with Crippen LogP contribution in [0.4, 0.5) is 4.79 Å². The van der Waals surface area contributed by atoms with Gasteiger partial charge in [-0.2, -0.15) is 0 Å². The van der Waals surface area contributed by atoms with Crippen LogP contribution in [-0.2, 0) is 19.1 Å². The molecule has 0 fully saturated rings. The van der Waals surface area contributed by atoms with Crippen LogP contribution < -0.4 is 16.0 Å². The average molecular weight is 444 g/mol. The van der Waals surface area contributed by atoms with E-state index in [0.717, 1.165) is 0 Å². The maximum absolute atomic E-state index is 13.0. The highest BCUT2D eigenvalue weighted by molar-refractivity contribution is 5.93. The zero-order chi connectivity index (χ0) is 24.5. The van der Waals surface area contributed by atoms with E-state index in [1.807, 2.05) is 20.8 Å². The van der Waals surface area contributed by atoms with Crippen molar-refractivity contribution in [1.29, 1.82) is 0 Å². The minimum Gasteiger partial charge on any atom is -0.480 e. The highest BCUT2D eigenvalue weighted by atomic mass is 16.6. The van der Waals surface area contributed by atoms with Gasteiger partial charge in [0.15, 0.2) is 0 Å². The first-order valence-corrected chi connectivity index (χ1v) is 10.9. The standard InChI is InChI=1S/C22H41N3O6/c1-10-14(6)17(19(27)24-16(13(4)5)20(28)29)25-18(26)15(11-12(2)3)23-21(30)31-22(7,8)9/h12-17H,10-11H2,1-9H3,(H,23,30)(H,24,27)(H,25,26)(H,28,29)/t14-,15-,16-,17-/m0/s1. The Balaban J connectivity index is 5.52. The van der Waals surface area contributed by atoms with Crippen molar-refractivity contribution in [3.63, 3.8) is 0 Å². The molecule has 4 atom stereocenters. The van der Waals surface area contributed by atoms with Crippen molar-refractivity contribution in [2.75, 3.05) is 0 Å². The monoisotopic (exact) mass is 443 g/mol. The summed E-state index contributed by atoms with van der Waals surface area (Å²) in [5.41, 5.74) is -0.717.